The van der Waals surface area contributed by atoms with Crippen LogP contribution in [0.2, 0.25) is 0 Å². The molecule has 0 aromatic heterocycles. The van der Waals surface area contributed by atoms with E-state index in [1.165, 1.54) is 13.2 Å². The molecule has 0 saturated carbocycles. The van der Waals surface area contributed by atoms with Crippen molar-refractivity contribution in [2.24, 2.45) is 0 Å². The molecule has 4 nitrogen and oxygen atoms in total. The number of hydrogen-bond acceptors (Lipinski definition) is 4. The lowest BCUT2D eigenvalue weighted by molar-refractivity contribution is 0.131. The highest BCUT2D eigenvalue weighted by Gasteiger charge is 2.07. The van der Waals surface area contributed by atoms with E-state index >= 15 is 0 Å². The molecule has 0 unspecified atom stereocenters. The number of benzene rings is 1. The molecule has 0 radical (unpaired) electrons. The molecule has 0 amide bonds. The van der Waals surface area contributed by atoms with Crippen LogP contribution in [0.25, 0.3) is 0 Å². The van der Waals surface area contributed by atoms with Gasteiger partial charge in [0.2, 0.25) is 0 Å². The average Bonchev–Trinajstić information content (AvgIpc) is 2.40. The van der Waals surface area contributed by atoms with Crippen molar-refractivity contribution in [3.8, 4) is 5.75 Å². The number of nitrogen functional groups attached to an aromatic ring is 1. The first-order valence-electron chi connectivity index (χ1n) is 6.63. The van der Waals surface area contributed by atoms with Crippen LogP contribution in [-0.4, -0.2) is 26.9 Å². The molecule has 5 heteroatoms. The number of nitrogens with two attached hydrogens (primary N) is 1. The quantitative estimate of drug-likeness (QED) is 0.535. The lowest BCUT2D eigenvalue weighted by atomic mass is 10.2. The zero-order chi connectivity index (χ0) is 14.1. The molecule has 0 aliphatic heterocycles. The molecule has 0 spiro atoms. The second kappa shape index (κ2) is 8.58. The molecule has 19 heavy (non-hydrogen) atoms. The third-order valence-corrected chi connectivity index (χ3v) is 2.74. The molecular formula is C14H23FN2O2. The highest BCUT2D eigenvalue weighted by atomic mass is 19.1. The number of halogens is 1. The predicted molar refractivity (Wildman–Crippen MR) is 76.2 cm³/mol. The van der Waals surface area contributed by atoms with Crippen molar-refractivity contribution in [2.75, 3.05) is 37.9 Å². The van der Waals surface area contributed by atoms with Crippen molar-refractivity contribution < 1.29 is 13.9 Å². The van der Waals surface area contributed by atoms with E-state index in [2.05, 4.69) is 12.2 Å². The minimum atomic E-state index is -0.370. The molecule has 0 fully saturated rings. The van der Waals surface area contributed by atoms with Gasteiger partial charge in [-0.15, -0.1) is 0 Å². The standard InChI is InChI=1S/C14H23FN2O2/c1-3-4-7-19-8-5-6-17-13-10-14(18-2)12(16)9-11(13)15/h9-10,17H,3-8,16H2,1-2H3. The van der Waals surface area contributed by atoms with Crippen LogP contribution >= 0.6 is 0 Å². The van der Waals surface area contributed by atoms with Crippen LogP contribution in [-0.2, 0) is 4.74 Å². The van der Waals surface area contributed by atoms with Gasteiger partial charge in [-0.05, 0) is 12.8 Å². The van der Waals surface area contributed by atoms with Crippen molar-refractivity contribution in [3.05, 3.63) is 17.9 Å². The number of nitrogens with one attached hydrogen (secondary N) is 1. The molecule has 0 bridgehead atoms. The number of rotatable bonds is 9. The van der Waals surface area contributed by atoms with Crippen LogP contribution in [0.3, 0.4) is 0 Å². The smallest absolute Gasteiger partial charge is 0.148 e. The summed E-state index contributed by atoms with van der Waals surface area (Å²) >= 11 is 0. The Labute approximate surface area is 114 Å². The zero-order valence-electron chi connectivity index (χ0n) is 11.7. The average molecular weight is 270 g/mol. The fourth-order valence-electron chi connectivity index (χ4n) is 1.63. The van der Waals surface area contributed by atoms with Crippen molar-refractivity contribution in [1.29, 1.82) is 0 Å². The van der Waals surface area contributed by atoms with Crippen LogP contribution in [0.4, 0.5) is 15.8 Å². The summed E-state index contributed by atoms with van der Waals surface area (Å²) in [6.45, 7) is 4.25. The topological polar surface area (TPSA) is 56.5 Å². The summed E-state index contributed by atoms with van der Waals surface area (Å²) in [5.41, 5.74) is 6.31. The van der Waals surface area contributed by atoms with E-state index in [0.29, 0.717) is 30.3 Å². The largest absolute Gasteiger partial charge is 0.495 e. The lowest BCUT2D eigenvalue weighted by Crippen LogP contribution is -2.08. The molecule has 0 saturated heterocycles. The summed E-state index contributed by atoms with van der Waals surface area (Å²) < 4.78 is 24.1. The van der Waals surface area contributed by atoms with Crippen molar-refractivity contribution in [1.82, 2.24) is 0 Å². The van der Waals surface area contributed by atoms with Crippen molar-refractivity contribution in [3.63, 3.8) is 0 Å². The number of ether oxygens (including phenoxy) is 2. The third-order valence-electron chi connectivity index (χ3n) is 2.74. The van der Waals surface area contributed by atoms with Crippen LogP contribution in [0.5, 0.6) is 5.75 Å². The van der Waals surface area contributed by atoms with Gasteiger partial charge in [-0.2, -0.15) is 0 Å². The molecule has 1 aromatic carbocycles. The second-order valence-corrected chi connectivity index (χ2v) is 4.32. The normalized spacial score (nSPS) is 10.5. The van der Waals surface area contributed by atoms with E-state index in [1.807, 2.05) is 0 Å². The molecule has 0 aliphatic carbocycles. The summed E-state index contributed by atoms with van der Waals surface area (Å²) in [5.74, 6) is 0.105. The van der Waals surface area contributed by atoms with Crippen LogP contribution in [0.15, 0.2) is 12.1 Å². The summed E-state index contributed by atoms with van der Waals surface area (Å²) in [5, 5.41) is 3.02. The predicted octanol–water partition coefficient (Wildman–Crippen LogP) is 3.04. The first-order chi connectivity index (χ1) is 9.19. The number of hydrogen-bond donors (Lipinski definition) is 2. The van der Waals surface area contributed by atoms with E-state index in [-0.39, 0.29) is 5.82 Å². The number of anilines is 2. The SMILES string of the molecule is CCCCOCCCNc1cc(OC)c(N)cc1F. The van der Waals surface area contributed by atoms with Crippen LogP contribution < -0.4 is 15.8 Å². The Morgan fingerprint density at radius 2 is 2.00 bits per heavy atom. The molecule has 1 rings (SSSR count). The molecule has 0 aliphatic rings. The molecule has 108 valence electrons. The highest BCUT2D eigenvalue weighted by molar-refractivity contribution is 5.62. The molecule has 3 N–H and O–H groups in total. The second-order valence-electron chi connectivity index (χ2n) is 4.32. The maximum atomic E-state index is 13.6. The van der Waals surface area contributed by atoms with Gasteiger partial charge in [0, 0.05) is 31.9 Å². The van der Waals surface area contributed by atoms with E-state index in [4.69, 9.17) is 15.2 Å². The van der Waals surface area contributed by atoms with Crippen LogP contribution in [0, 0.1) is 5.82 Å². The Bertz CT molecular complexity index is 386. The van der Waals surface area contributed by atoms with Gasteiger partial charge >= 0.3 is 0 Å². The van der Waals surface area contributed by atoms with E-state index in [1.54, 1.807) is 6.07 Å². The first-order valence-corrected chi connectivity index (χ1v) is 6.63. The van der Waals surface area contributed by atoms with Gasteiger partial charge in [-0.1, -0.05) is 13.3 Å². The molecule has 0 heterocycles. The van der Waals surface area contributed by atoms with Gasteiger partial charge in [-0.25, -0.2) is 4.39 Å². The summed E-state index contributed by atoms with van der Waals surface area (Å²) in [4.78, 5) is 0. The van der Waals surface area contributed by atoms with Gasteiger partial charge in [-0.3, -0.25) is 0 Å². The maximum absolute atomic E-state index is 13.6. The van der Waals surface area contributed by atoms with Gasteiger partial charge in [0.15, 0.2) is 0 Å². The van der Waals surface area contributed by atoms with E-state index in [0.717, 1.165) is 25.9 Å². The number of methoxy groups -OCH3 is 1. The maximum Gasteiger partial charge on any atom is 0.148 e. The Morgan fingerprint density at radius 3 is 2.68 bits per heavy atom. The third kappa shape index (κ3) is 5.34. The van der Waals surface area contributed by atoms with Crippen LogP contribution in [0.1, 0.15) is 26.2 Å². The summed E-state index contributed by atoms with van der Waals surface area (Å²) in [7, 11) is 1.51. The van der Waals surface area contributed by atoms with Gasteiger partial charge < -0.3 is 20.5 Å². The first kappa shape index (κ1) is 15.6. The van der Waals surface area contributed by atoms with Gasteiger partial charge in [0.05, 0.1) is 18.5 Å². The summed E-state index contributed by atoms with van der Waals surface area (Å²) in [6.07, 6.45) is 3.04. The minimum Gasteiger partial charge on any atom is -0.495 e. The lowest BCUT2D eigenvalue weighted by Gasteiger charge is -2.11. The Kier molecular flexibility index (Phi) is 7.03. The molecule has 0 atom stereocenters. The molecule has 1 aromatic rings. The Hall–Kier alpha value is -1.49. The van der Waals surface area contributed by atoms with Gasteiger partial charge in [0.25, 0.3) is 0 Å². The zero-order valence-corrected chi connectivity index (χ0v) is 11.7. The van der Waals surface area contributed by atoms with Gasteiger partial charge in [0.1, 0.15) is 11.6 Å². The fourth-order valence-corrected chi connectivity index (χ4v) is 1.63. The monoisotopic (exact) mass is 270 g/mol. The van der Waals surface area contributed by atoms with Crippen molar-refractivity contribution in [2.45, 2.75) is 26.2 Å². The Morgan fingerprint density at radius 1 is 1.26 bits per heavy atom. The minimum absolute atomic E-state index is 0.299. The fraction of sp³-hybridized carbons (Fsp3) is 0.571. The highest BCUT2D eigenvalue weighted by Crippen LogP contribution is 2.28. The summed E-state index contributed by atoms with van der Waals surface area (Å²) in [6, 6.07) is 2.83. The van der Waals surface area contributed by atoms with E-state index in [9.17, 15) is 4.39 Å². The molecular weight excluding hydrogens is 247 g/mol. The Balaban J connectivity index is 2.33. The number of unbranched alkanes of at least 4 members (excludes halogenated alkanes) is 1. The van der Waals surface area contributed by atoms with E-state index < -0.39 is 0 Å². The van der Waals surface area contributed by atoms with Crippen molar-refractivity contribution >= 4 is 11.4 Å².